The Balaban J connectivity index is 1.95. The maximum absolute atomic E-state index is 12.6. The molecule has 0 aliphatic heterocycles. The zero-order valence-electron chi connectivity index (χ0n) is 15.4. The van der Waals surface area contributed by atoms with Gasteiger partial charge >= 0.3 is 18.1 Å². The minimum absolute atomic E-state index is 0.0891. The predicted octanol–water partition coefficient (Wildman–Crippen LogP) is 2.44. The van der Waals surface area contributed by atoms with Crippen LogP contribution >= 0.6 is 0 Å². The first kappa shape index (κ1) is 22.9. The molecule has 2 rings (SSSR count). The molecule has 0 aliphatic rings. The molecule has 30 heavy (non-hydrogen) atoms. The molecule has 2 aromatic rings. The van der Waals surface area contributed by atoms with E-state index in [0.717, 1.165) is 12.1 Å². The van der Waals surface area contributed by atoms with Crippen LogP contribution in [0.5, 0.6) is 0 Å². The number of carbonyl (C=O) groups is 3. The summed E-state index contributed by atoms with van der Waals surface area (Å²) in [5.74, 6) is -3.62. The molecule has 0 spiro atoms. The molecular formula is C20H18F3NO6. The Bertz CT molecular complexity index is 884. The lowest BCUT2D eigenvalue weighted by Gasteiger charge is -2.17. The maximum Gasteiger partial charge on any atom is 0.416 e. The third-order valence-corrected chi connectivity index (χ3v) is 4.03. The van der Waals surface area contributed by atoms with E-state index in [2.05, 4.69) is 0 Å². The van der Waals surface area contributed by atoms with Gasteiger partial charge < -0.3 is 20.3 Å². The summed E-state index contributed by atoms with van der Waals surface area (Å²) in [6.07, 6.45) is -7.21. The summed E-state index contributed by atoms with van der Waals surface area (Å²) in [7, 11) is 0. The van der Waals surface area contributed by atoms with Gasteiger partial charge in [0.15, 0.2) is 6.10 Å². The fourth-order valence-electron chi connectivity index (χ4n) is 2.42. The number of hydrogen-bond donors (Lipinski definition) is 3. The Kier molecular flexibility index (Phi) is 7.54. The highest BCUT2D eigenvalue weighted by molar-refractivity contribution is 5.89. The highest BCUT2D eigenvalue weighted by Gasteiger charge is 2.31. The first-order chi connectivity index (χ1) is 14.1. The van der Waals surface area contributed by atoms with Gasteiger partial charge in [-0.3, -0.25) is 9.59 Å². The zero-order chi connectivity index (χ0) is 22.3. The van der Waals surface area contributed by atoms with E-state index in [1.54, 1.807) is 30.3 Å². The van der Waals surface area contributed by atoms with Crippen LogP contribution in [0.4, 0.5) is 13.2 Å². The van der Waals surface area contributed by atoms with Gasteiger partial charge in [-0.25, -0.2) is 4.79 Å². The van der Waals surface area contributed by atoms with Crippen LogP contribution in [0.3, 0.4) is 0 Å². The Labute approximate surface area is 169 Å². The fourth-order valence-corrected chi connectivity index (χ4v) is 2.42. The van der Waals surface area contributed by atoms with Crippen molar-refractivity contribution < 1.29 is 42.5 Å². The lowest BCUT2D eigenvalue weighted by atomic mass is 10.1. The van der Waals surface area contributed by atoms with Crippen LogP contribution in [0, 0.1) is 0 Å². The third kappa shape index (κ3) is 6.59. The van der Waals surface area contributed by atoms with Crippen molar-refractivity contribution in [3.8, 4) is 0 Å². The summed E-state index contributed by atoms with van der Waals surface area (Å²) in [6.45, 7) is -0.0891. The van der Waals surface area contributed by atoms with Gasteiger partial charge in [-0.15, -0.1) is 0 Å². The van der Waals surface area contributed by atoms with Gasteiger partial charge in [0.25, 0.3) is 5.91 Å². The van der Waals surface area contributed by atoms with Gasteiger partial charge in [0.05, 0.1) is 12.0 Å². The monoisotopic (exact) mass is 425 g/mol. The molecule has 0 bridgehead atoms. The number of amides is 1. The molecule has 7 nitrogen and oxygen atoms in total. The van der Waals surface area contributed by atoms with Crippen molar-refractivity contribution in [1.82, 2.24) is 5.32 Å². The number of carbonyl (C=O) groups excluding carboxylic acids is 2. The van der Waals surface area contributed by atoms with Gasteiger partial charge in [0.1, 0.15) is 12.6 Å². The SMILES string of the molecule is O=C(C[C@@H](NC(=O)[C@@H](O)c1ccc(C(F)(F)F)cc1)C(=O)O)OCc1ccccc1. The molecule has 0 fully saturated rings. The second kappa shape index (κ2) is 9.88. The van der Waals surface area contributed by atoms with E-state index in [9.17, 15) is 37.8 Å². The molecule has 160 valence electrons. The summed E-state index contributed by atoms with van der Waals surface area (Å²) in [5, 5.41) is 21.2. The molecule has 0 aliphatic carbocycles. The summed E-state index contributed by atoms with van der Waals surface area (Å²) < 4.78 is 42.7. The average Bonchev–Trinajstić information content (AvgIpc) is 2.71. The van der Waals surface area contributed by atoms with Crippen molar-refractivity contribution in [3.63, 3.8) is 0 Å². The largest absolute Gasteiger partial charge is 0.480 e. The van der Waals surface area contributed by atoms with Gasteiger partial charge in [0, 0.05) is 0 Å². The number of rotatable bonds is 8. The number of aliphatic carboxylic acids is 1. The topological polar surface area (TPSA) is 113 Å². The predicted molar refractivity (Wildman–Crippen MR) is 96.8 cm³/mol. The Morgan fingerprint density at radius 1 is 1.00 bits per heavy atom. The molecule has 0 saturated carbocycles. The van der Waals surface area contributed by atoms with Gasteiger partial charge in [0.2, 0.25) is 0 Å². The van der Waals surface area contributed by atoms with Crippen LogP contribution < -0.4 is 5.32 Å². The summed E-state index contributed by atoms with van der Waals surface area (Å²) in [6, 6.07) is 10.1. The highest BCUT2D eigenvalue weighted by Crippen LogP contribution is 2.30. The van der Waals surface area contributed by atoms with Crippen LogP contribution in [0.1, 0.15) is 29.2 Å². The minimum Gasteiger partial charge on any atom is -0.480 e. The smallest absolute Gasteiger partial charge is 0.416 e. The lowest BCUT2D eigenvalue weighted by molar-refractivity contribution is -0.151. The normalized spacial score (nSPS) is 13.2. The number of carboxylic acids is 1. The molecule has 1 amide bonds. The molecule has 2 atom stereocenters. The van der Waals surface area contributed by atoms with Crippen molar-refractivity contribution in [1.29, 1.82) is 0 Å². The van der Waals surface area contributed by atoms with Crippen LogP contribution in [0.2, 0.25) is 0 Å². The van der Waals surface area contributed by atoms with E-state index in [-0.39, 0.29) is 12.2 Å². The second-order valence-electron chi connectivity index (χ2n) is 6.27. The van der Waals surface area contributed by atoms with E-state index in [4.69, 9.17) is 4.74 Å². The van der Waals surface area contributed by atoms with E-state index < -0.39 is 48.2 Å². The highest BCUT2D eigenvalue weighted by atomic mass is 19.4. The molecule has 0 radical (unpaired) electrons. The minimum atomic E-state index is -4.58. The quantitative estimate of drug-likeness (QED) is 0.560. The number of aliphatic hydroxyl groups is 1. The van der Waals surface area contributed by atoms with Gasteiger partial charge in [-0.1, -0.05) is 42.5 Å². The molecule has 0 saturated heterocycles. The van der Waals surface area contributed by atoms with E-state index in [1.807, 2.05) is 5.32 Å². The third-order valence-electron chi connectivity index (χ3n) is 4.03. The molecule has 0 unspecified atom stereocenters. The van der Waals surface area contributed by atoms with Crippen molar-refractivity contribution in [2.24, 2.45) is 0 Å². The van der Waals surface area contributed by atoms with Gasteiger partial charge in [-0.2, -0.15) is 13.2 Å². The maximum atomic E-state index is 12.6. The Morgan fingerprint density at radius 2 is 1.60 bits per heavy atom. The number of benzene rings is 2. The molecule has 2 aromatic carbocycles. The second-order valence-corrected chi connectivity index (χ2v) is 6.27. The van der Waals surface area contributed by atoms with Crippen LogP contribution in [0.15, 0.2) is 54.6 Å². The van der Waals surface area contributed by atoms with E-state index in [0.29, 0.717) is 17.7 Å². The lowest BCUT2D eigenvalue weighted by Crippen LogP contribution is -2.44. The number of hydrogen-bond acceptors (Lipinski definition) is 5. The molecule has 0 heterocycles. The summed E-state index contributed by atoms with van der Waals surface area (Å²) in [5.41, 5.74) is -0.459. The van der Waals surface area contributed by atoms with Crippen molar-refractivity contribution in [2.45, 2.75) is 31.3 Å². The number of aliphatic hydroxyl groups excluding tert-OH is 1. The Hall–Kier alpha value is -3.40. The number of carboxylic acid groups (broad SMARTS) is 1. The first-order valence-electron chi connectivity index (χ1n) is 8.66. The van der Waals surface area contributed by atoms with E-state index >= 15 is 0 Å². The summed E-state index contributed by atoms with van der Waals surface area (Å²) >= 11 is 0. The Morgan fingerprint density at radius 3 is 2.13 bits per heavy atom. The van der Waals surface area contributed by atoms with Crippen molar-refractivity contribution in [3.05, 3.63) is 71.3 Å². The van der Waals surface area contributed by atoms with E-state index in [1.165, 1.54) is 0 Å². The summed E-state index contributed by atoms with van der Waals surface area (Å²) in [4.78, 5) is 35.3. The molecule has 3 N–H and O–H groups in total. The fraction of sp³-hybridized carbons (Fsp3) is 0.250. The van der Waals surface area contributed by atoms with Gasteiger partial charge in [-0.05, 0) is 23.3 Å². The number of esters is 1. The molecule has 0 aromatic heterocycles. The van der Waals surface area contributed by atoms with Crippen LogP contribution in [-0.4, -0.2) is 34.1 Å². The molecular weight excluding hydrogens is 407 g/mol. The molecule has 10 heteroatoms. The van der Waals surface area contributed by atoms with Crippen molar-refractivity contribution in [2.75, 3.05) is 0 Å². The van der Waals surface area contributed by atoms with Crippen LogP contribution in [0.25, 0.3) is 0 Å². The number of alkyl halides is 3. The van der Waals surface area contributed by atoms with Crippen LogP contribution in [-0.2, 0) is 31.9 Å². The average molecular weight is 425 g/mol. The number of halogens is 3. The standard InChI is InChI=1S/C20H18F3NO6/c21-20(22,23)14-8-6-13(7-9-14)17(26)18(27)24-15(19(28)29)10-16(25)30-11-12-4-2-1-3-5-12/h1-9,15,17,26H,10-11H2,(H,24,27)(H,28,29)/t15-,17+/m1/s1. The number of ether oxygens (including phenoxy) is 1. The number of nitrogens with one attached hydrogen (secondary N) is 1. The first-order valence-corrected chi connectivity index (χ1v) is 8.66. The van der Waals surface area contributed by atoms with Crippen molar-refractivity contribution >= 4 is 17.8 Å². The zero-order valence-corrected chi connectivity index (χ0v) is 15.4.